The maximum Gasteiger partial charge on any atom is 0.317 e. The summed E-state index contributed by atoms with van der Waals surface area (Å²) in [5.41, 5.74) is 3.24. The molecule has 0 bridgehead atoms. The molecule has 2 aromatic heterocycles. The first-order chi connectivity index (χ1) is 22.1. The van der Waals surface area contributed by atoms with Gasteiger partial charge in [0.15, 0.2) is 0 Å². The lowest BCUT2D eigenvalue weighted by Gasteiger charge is -2.16. The third-order valence-corrected chi connectivity index (χ3v) is 7.52. The molecule has 12 nitrogen and oxygen atoms in total. The third-order valence-electron chi connectivity index (χ3n) is 6.40. The summed E-state index contributed by atoms with van der Waals surface area (Å²) in [6.07, 6.45) is 1.49. The maximum atomic E-state index is 12.9. The fourth-order valence-corrected chi connectivity index (χ4v) is 5.02. The SMILES string of the molecule is COc1nc(COc2cccc(-c3cccc(NC(=O)c4ccc(CNCC(=O)O)cn4)c3Cl)c2Cl)c(Cl)cc1CNCC(=O)O. The van der Waals surface area contributed by atoms with E-state index in [1.165, 1.54) is 19.4 Å². The number of carbonyl (C=O) groups is 3. The van der Waals surface area contributed by atoms with Crippen LogP contribution in [0.5, 0.6) is 11.6 Å². The number of nitrogens with one attached hydrogen (secondary N) is 3. The zero-order valence-electron chi connectivity index (χ0n) is 24.3. The molecule has 0 radical (unpaired) electrons. The number of anilines is 1. The summed E-state index contributed by atoms with van der Waals surface area (Å²) >= 11 is 19.9. The zero-order valence-corrected chi connectivity index (χ0v) is 26.5. The molecule has 2 aromatic carbocycles. The average Bonchev–Trinajstić information content (AvgIpc) is 3.02. The summed E-state index contributed by atoms with van der Waals surface area (Å²) in [4.78, 5) is 43.0. The Morgan fingerprint density at radius 2 is 1.54 bits per heavy atom. The highest BCUT2D eigenvalue weighted by Gasteiger charge is 2.18. The largest absolute Gasteiger partial charge is 0.486 e. The van der Waals surface area contributed by atoms with Crippen LogP contribution in [-0.2, 0) is 29.3 Å². The lowest BCUT2D eigenvalue weighted by atomic mass is 10.0. The van der Waals surface area contributed by atoms with E-state index in [0.29, 0.717) is 44.4 Å². The molecule has 5 N–H and O–H groups in total. The van der Waals surface area contributed by atoms with E-state index in [4.69, 9.17) is 54.5 Å². The van der Waals surface area contributed by atoms with Crippen LogP contribution in [0, 0.1) is 0 Å². The van der Waals surface area contributed by atoms with Gasteiger partial charge in [-0.25, -0.2) is 4.98 Å². The number of pyridine rings is 2. The quantitative estimate of drug-likeness (QED) is 0.110. The second-order valence-electron chi connectivity index (χ2n) is 9.66. The number of nitrogens with zero attached hydrogens (tertiary/aromatic N) is 2. The summed E-state index contributed by atoms with van der Waals surface area (Å²) in [5, 5.41) is 26.7. The Kier molecular flexibility index (Phi) is 12.1. The van der Waals surface area contributed by atoms with Crippen molar-refractivity contribution in [3.8, 4) is 22.8 Å². The molecule has 0 fully saturated rings. The third kappa shape index (κ3) is 9.05. The second kappa shape index (κ2) is 16.2. The van der Waals surface area contributed by atoms with Crippen LogP contribution in [0.15, 0.2) is 60.8 Å². The number of benzene rings is 2. The minimum Gasteiger partial charge on any atom is -0.486 e. The van der Waals surface area contributed by atoms with Crippen LogP contribution in [0.1, 0.15) is 27.3 Å². The monoisotopic (exact) mass is 687 g/mol. The molecule has 0 spiro atoms. The van der Waals surface area contributed by atoms with E-state index in [9.17, 15) is 14.4 Å². The van der Waals surface area contributed by atoms with Crippen LogP contribution in [0.4, 0.5) is 5.69 Å². The van der Waals surface area contributed by atoms with Gasteiger partial charge in [0.05, 0.1) is 41.0 Å². The number of halogens is 3. The number of carboxylic acids is 2. The summed E-state index contributed by atoms with van der Waals surface area (Å²) < 4.78 is 11.3. The van der Waals surface area contributed by atoms with Crippen molar-refractivity contribution in [3.05, 3.63) is 98.4 Å². The van der Waals surface area contributed by atoms with Crippen molar-refractivity contribution in [3.63, 3.8) is 0 Å². The van der Waals surface area contributed by atoms with Gasteiger partial charge in [-0.1, -0.05) is 65.1 Å². The van der Waals surface area contributed by atoms with Crippen LogP contribution in [-0.4, -0.2) is 58.2 Å². The molecule has 2 heterocycles. The zero-order chi connectivity index (χ0) is 33.2. The smallest absolute Gasteiger partial charge is 0.317 e. The lowest BCUT2D eigenvalue weighted by Crippen LogP contribution is -2.22. The Balaban J connectivity index is 1.47. The van der Waals surface area contributed by atoms with Crippen molar-refractivity contribution >= 4 is 58.3 Å². The molecule has 4 aromatic rings. The Bertz CT molecular complexity index is 1740. The maximum absolute atomic E-state index is 12.9. The molecule has 0 aliphatic rings. The molecule has 46 heavy (non-hydrogen) atoms. The minimum atomic E-state index is -0.995. The van der Waals surface area contributed by atoms with Gasteiger partial charge in [0.1, 0.15) is 23.7 Å². The molecule has 0 aliphatic carbocycles. The standard InChI is InChI=1S/C31H28Cl3N5O7/c1-45-31-18(13-36-15-27(42)43)10-21(32)24(39-31)16-46-25-7-3-5-20(29(25)34)19-4-2-6-22(28(19)33)38-30(44)23-9-8-17(12-37-23)11-35-14-26(40)41/h2-10,12,35-36H,11,13-16H2,1H3,(H,38,44)(H,40,41)(H,42,43). The fraction of sp³-hybridized carbons (Fsp3) is 0.194. The van der Waals surface area contributed by atoms with Gasteiger partial charge in [0.2, 0.25) is 5.88 Å². The van der Waals surface area contributed by atoms with Crippen LogP contribution in [0.2, 0.25) is 15.1 Å². The molecule has 1 amide bonds. The molecular formula is C31H28Cl3N5O7. The number of carboxylic acid groups (broad SMARTS) is 2. The van der Waals surface area contributed by atoms with E-state index in [-0.39, 0.29) is 54.4 Å². The molecule has 0 unspecified atom stereocenters. The number of aliphatic carboxylic acids is 2. The summed E-state index contributed by atoms with van der Waals surface area (Å²) in [7, 11) is 1.44. The van der Waals surface area contributed by atoms with Crippen LogP contribution < -0.4 is 25.4 Å². The Morgan fingerprint density at radius 1 is 0.870 bits per heavy atom. The van der Waals surface area contributed by atoms with Gasteiger partial charge >= 0.3 is 11.9 Å². The number of hydrogen-bond acceptors (Lipinski definition) is 9. The highest BCUT2D eigenvalue weighted by Crippen LogP contribution is 2.41. The molecule has 4 rings (SSSR count). The molecule has 0 saturated carbocycles. The highest BCUT2D eigenvalue weighted by molar-refractivity contribution is 6.39. The number of ether oxygens (including phenoxy) is 2. The van der Waals surface area contributed by atoms with Gasteiger partial charge in [-0.2, -0.15) is 0 Å². The van der Waals surface area contributed by atoms with Crippen LogP contribution >= 0.6 is 34.8 Å². The molecule has 0 atom stereocenters. The van der Waals surface area contributed by atoms with Crippen molar-refractivity contribution in [1.82, 2.24) is 20.6 Å². The van der Waals surface area contributed by atoms with Crippen molar-refractivity contribution in [2.24, 2.45) is 0 Å². The first-order valence-corrected chi connectivity index (χ1v) is 14.7. The Morgan fingerprint density at radius 3 is 2.20 bits per heavy atom. The highest BCUT2D eigenvalue weighted by atomic mass is 35.5. The average molecular weight is 689 g/mol. The number of aromatic nitrogens is 2. The van der Waals surface area contributed by atoms with Gasteiger partial charge in [0.25, 0.3) is 5.91 Å². The van der Waals surface area contributed by atoms with Gasteiger partial charge in [-0.05, 0) is 29.8 Å². The van der Waals surface area contributed by atoms with E-state index in [2.05, 4.69) is 25.9 Å². The van der Waals surface area contributed by atoms with Crippen molar-refractivity contribution in [2.75, 3.05) is 25.5 Å². The van der Waals surface area contributed by atoms with Gasteiger partial charge in [-0.15, -0.1) is 0 Å². The Hall–Kier alpha value is -4.46. The van der Waals surface area contributed by atoms with Gasteiger partial charge in [-0.3, -0.25) is 19.4 Å². The number of methoxy groups -OCH3 is 1. The lowest BCUT2D eigenvalue weighted by molar-refractivity contribution is -0.137. The molecule has 15 heteroatoms. The predicted octanol–water partition coefficient (Wildman–Crippen LogP) is 5.29. The second-order valence-corrected chi connectivity index (χ2v) is 10.8. The summed E-state index contributed by atoms with van der Waals surface area (Å²) in [6, 6.07) is 15.1. The molecule has 240 valence electrons. The number of hydrogen-bond donors (Lipinski definition) is 5. The number of rotatable bonds is 15. The summed E-state index contributed by atoms with van der Waals surface area (Å²) in [5.74, 6) is -1.86. The Labute approximate surface area is 278 Å². The molecule has 0 saturated heterocycles. The van der Waals surface area contributed by atoms with Crippen molar-refractivity contribution in [2.45, 2.75) is 19.7 Å². The number of carbonyl (C=O) groups excluding carboxylic acids is 1. The minimum absolute atomic E-state index is 0.0492. The molecular weight excluding hydrogens is 661 g/mol. The molecule has 0 aliphatic heterocycles. The van der Waals surface area contributed by atoms with E-state index in [1.807, 2.05) is 0 Å². The topological polar surface area (TPSA) is 172 Å². The number of amides is 1. The van der Waals surface area contributed by atoms with E-state index >= 15 is 0 Å². The van der Waals surface area contributed by atoms with E-state index in [0.717, 1.165) is 0 Å². The first-order valence-electron chi connectivity index (χ1n) is 13.6. The van der Waals surface area contributed by atoms with Crippen molar-refractivity contribution in [1.29, 1.82) is 0 Å². The van der Waals surface area contributed by atoms with E-state index < -0.39 is 17.8 Å². The van der Waals surface area contributed by atoms with Gasteiger partial charge < -0.3 is 35.6 Å². The first kappa shape index (κ1) is 34.4. The van der Waals surface area contributed by atoms with Crippen molar-refractivity contribution < 1.29 is 34.1 Å². The summed E-state index contributed by atoms with van der Waals surface area (Å²) in [6.45, 7) is 0.000433. The van der Waals surface area contributed by atoms with Crippen LogP contribution in [0.3, 0.4) is 0 Å². The fourth-order valence-electron chi connectivity index (χ4n) is 4.23. The van der Waals surface area contributed by atoms with Gasteiger partial charge in [0, 0.05) is 36.0 Å². The normalized spacial score (nSPS) is 10.8. The van der Waals surface area contributed by atoms with Crippen LogP contribution in [0.25, 0.3) is 11.1 Å². The predicted molar refractivity (Wildman–Crippen MR) is 173 cm³/mol. The van der Waals surface area contributed by atoms with E-state index in [1.54, 1.807) is 48.5 Å².